The first-order chi connectivity index (χ1) is 5.13. The molecule has 60 valence electrons. The van der Waals surface area contributed by atoms with E-state index in [-0.39, 0.29) is 0 Å². The molecule has 4 nitrogen and oxygen atoms in total. The summed E-state index contributed by atoms with van der Waals surface area (Å²) in [4.78, 5) is 8.36. The third-order valence-electron chi connectivity index (χ3n) is 0.733. The van der Waals surface area contributed by atoms with Crippen LogP contribution in [0.2, 0.25) is 5.02 Å². The van der Waals surface area contributed by atoms with E-state index in [1.807, 2.05) is 30.3 Å². The highest BCUT2D eigenvalue weighted by Gasteiger charge is 1.74. The minimum atomic E-state index is -1.50. The first-order valence-corrected chi connectivity index (χ1v) is 3.04. The molecule has 1 N–H and O–H groups in total. The van der Waals surface area contributed by atoms with Crippen LogP contribution < -0.4 is 0 Å². The van der Waals surface area contributed by atoms with Crippen molar-refractivity contribution in [1.29, 1.82) is 0 Å². The zero-order valence-corrected chi connectivity index (χ0v) is 6.23. The number of nitrogens with zero attached hydrogens (tertiary/aromatic N) is 1. The molecule has 0 aliphatic carbocycles. The lowest BCUT2D eigenvalue weighted by atomic mass is 10.4. The molecule has 0 amide bonds. The van der Waals surface area contributed by atoms with Crippen molar-refractivity contribution in [2.75, 3.05) is 0 Å². The van der Waals surface area contributed by atoms with Crippen LogP contribution >= 0.6 is 11.6 Å². The predicted molar refractivity (Wildman–Crippen MR) is 40.2 cm³/mol. The van der Waals surface area contributed by atoms with Gasteiger partial charge in [0.2, 0.25) is 0 Å². The van der Waals surface area contributed by atoms with Gasteiger partial charge in [-0.25, -0.2) is 0 Å². The van der Waals surface area contributed by atoms with Gasteiger partial charge >= 0.3 is 0 Å². The number of hydrogen-bond acceptors (Lipinski definition) is 2. The van der Waals surface area contributed by atoms with Gasteiger partial charge in [0.25, 0.3) is 5.09 Å². The third kappa shape index (κ3) is 8.71. The minimum Gasteiger partial charge on any atom is -0.328 e. The zero-order valence-electron chi connectivity index (χ0n) is 5.48. The van der Waals surface area contributed by atoms with Gasteiger partial charge in [0.05, 0.1) is 0 Å². The van der Waals surface area contributed by atoms with Gasteiger partial charge in [-0.15, -0.1) is 10.1 Å². The molecule has 0 saturated carbocycles. The summed E-state index contributed by atoms with van der Waals surface area (Å²) in [6, 6.07) is 9.44. The van der Waals surface area contributed by atoms with Crippen molar-refractivity contribution in [3.63, 3.8) is 0 Å². The summed E-state index contributed by atoms with van der Waals surface area (Å²) in [5.41, 5.74) is 0. The van der Waals surface area contributed by atoms with E-state index in [0.29, 0.717) is 0 Å². The van der Waals surface area contributed by atoms with Gasteiger partial charge < -0.3 is 5.21 Å². The molecule has 0 fully saturated rings. The Kier molecular flexibility index (Phi) is 4.85. The van der Waals surface area contributed by atoms with Crippen LogP contribution in [0.25, 0.3) is 0 Å². The summed E-state index contributed by atoms with van der Waals surface area (Å²) in [7, 11) is 0. The van der Waals surface area contributed by atoms with Gasteiger partial charge in [0.1, 0.15) is 0 Å². The highest BCUT2D eigenvalue weighted by molar-refractivity contribution is 6.30. The number of halogens is 1. The summed E-state index contributed by atoms with van der Waals surface area (Å²) >= 11 is 5.54. The van der Waals surface area contributed by atoms with Gasteiger partial charge in [-0.3, -0.25) is 0 Å². The van der Waals surface area contributed by atoms with Crippen LogP contribution in [0.3, 0.4) is 0 Å². The molecule has 0 aromatic heterocycles. The molecule has 1 aromatic rings. The van der Waals surface area contributed by atoms with E-state index in [1.54, 1.807) is 0 Å². The van der Waals surface area contributed by atoms with E-state index in [1.165, 1.54) is 0 Å². The van der Waals surface area contributed by atoms with Crippen LogP contribution in [0.15, 0.2) is 30.3 Å². The van der Waals surface area contributed by atoms with Gasteiger partial charge in [-0.2, -0.15) is 0 Å². The van der Waals surface area contributed by atoms with Crippen LogP contribution in [-0.4, -0.2) is 10.3 Å². The second-order valence-electron chi connectivity index (χ2n) is 1.53. The maximum atomic E-state index is 8.36. The van der Waals surface area contributed by atoms with Crippen molar-refractivity contribution in [2.45, 2.75) is 0 Å². The fourth-order valence-electron chi connectivity index (χ4n) is 0.415. The van der Waals surface area contributed by atoms with Crippen molar-refractivity contribution in [3.8, 4) is 0 Å². The Morgan fingerprint density at radius 3 is 1.91 bits per heavy atom. The summed E-state index contributed by atoms with van der Waals surface area (Å²) in [5.74, 6) is 0. The van der Waals surface area contributed by atoms with E-state index in [0.717, 1.165) is 5.02 Å². The van der Waals surface area contributed by atoms with Crippen molar-refractivity contribution >= 4 is 11.6 Å². The molecule has 0 saturated heterocycles. The Labute approximate surface area is 68.1 Å². The molecule has 1 aromatic carbocycles. The fraction of sp³-hybridized carbons (Fsp3) is 0. The van der Waals surface area contributed by atoms with Crippen molar-refractivity contribution in [2.24, 2.45) is 0 Å². The average molecular weight is 176 g/mol. The third-order valence-corrected chi connectivity index (χ3v) is 0.985. The molecule has 0 atom stereocenters. The van der Waals surface area contributed by atoms with Crippen LogP contribution in [0, 0.1) is 10.1 Å². The van der Waals surface area contributed by atoms with Gasteiger partial charge in [-0.1, -0.05) is 29.8 Å². The van der Waals surface area contributed by atoms with Crippen LogP contribution in [-0.2, 0) is 0 Å². The van der Waals surface area contributed by atoms with E-state index >= 15 is 0 Å². The topological polar surface area (TPSA) is 63.4 Å². The van der Waals surface area contributed by atoms with E-state index in [2.05, 4.69) is 0 Å². The van der Waals surface area contributed by atoms with Crippen molar-refractivity contribution in [1.82, 2.24) is 0 Å². The van der Waals surface area contributed by atoms with Crippen LogP contribution in [0.5, 0.6) is 0 Å². The van der Waals surface area contributed by atoms with Crippen molar-refractivity contribution < 1.29 is 10.3 Å². The van der Waals surface area contributed by atoms with E-state index in [4.69, 9.17) is 26.9 Å². The van der Waals surface area contributed by atoms with E-state index < -0.39 is 5.09 Å². The fourth-order valence-corrected chi connectivity index (χ4v) is 0.560. The molecule has 0 unspecified atom stereocenters. The summed E-state index contributed by atoms with van der Waals surface area (Å²) in [6.45, 7) is 0. The highest BCUT2D eigenvalue weighted by atomic mass is 35.5. The maximum absolute atomic E-state index is 8.36. The zero-order chi connectivity index (χ0) is 8.69. The predicted octanol–water partition coefficient (Wildman–Crippen LogP) is 1.99. The standard InChI is InChI=1S/C6H5Cl.HNO3/c7-6-4-2-1-3-5-6;2-1(3)4/h1-5H;(H,2,3,4). The molecule has 1 rings (SSSR count). The molecule has 0 aliphatic rings. The lowest BCUT2D eigenvalue weighted by Crippen LogP contribution is -1.81. The Morgan fingerprint density at radius 2 is 1.73 bits per heavy atom. The second kappa shape index (κ2) is 5.49. The largest absolute Gasteiger partial charge is 0.328 e. The summed E-state index contributed by atoms with van der Waals surface area (Å²) < 4.78 is 0. The summed E-state index contributed by atoms with van der Waals surface area (Å²) in [5, 5.41) is 14.4. The molecule has 0 radical (unpaired) electrons. The molecule has 11 heavy (non-hydrogen) atoms. The number of rotatable bonds is 0. The molecular formula is C6H6ClNO3. The molecule has 0 bridgehead atoms. The molecule has 5 heteroatoms. The monoisotopic (exact) mass is 175 g/mol. The maximum Gasteiger partial charge on any atom is 0.291 e. The molecule has 0 aliphatic heterocycles. The Balaban J connectivity index is 0.000000218. The number of benzene rings is 1. The van der Waals surface area contributed by atoms with Crippen LogP contribution in [0.4, 0.5) is 0 Å². The highest BCUT2D eigenvalue weighted by Crippen LogP contribution is 2.03. The molecule has 0 spiro atoms. The smallest absolute Gasteiger partial charge is 0.291 e. The quantitative estimate of drug-likeness (QED) is 0.485. The SMILES string of the molecule is Clc1ccccc1.O=[N+]([O-])O. The molecule has 0 heterocycles. The Hall–Kier alpha value is -1.29. The molecular weight excluding hydrogens is 170 g/mol. The van der Waals surface area contributed by atoms with E-state index in [9.17, 15) is 0 Å². The lowest BCUT2D eigenvalue weighted by molar-refractivity contribution is -0.742. The normalized spacial score (nSPS) is 7.73. The Morgan fingerprint density at radius 1 is 1.36 bits per heavy atom. The van der Waals surface area contributed by atoms with Crippen LogP contribution in [0.1, 0.15) is 0 Å². The average Bonchev–Trinajstić information content (AvgIpc) is 1.87. The minimum absolute atomic E-state index is 0.794. The van der Waals surface area contributed by atoms with Crippen molar-refractivity contribution in [3.05, 3.63) is 45.5 Å². The van der Waals surface area contributed by atoms with Gasteiger partial charge in [-0.05, 0) is 12.1 Å². The van der Waals surface area contributed by atoms with Gasteiger partial charge in [0.15, 0.2) is 0 Å². The summed E-state index contributed by atoms with van der Waals surface area (Å²) in [6.07, 6.45) is 0. The first kappa shape index (κ1) is 9.71. The first-order valence-electron chi connectivity index (χ1n) is 2.66. The van der Waals surface area contributed by atoms with Gasteiger partial charge in [0, 0.05) is 5.02 Å². The number of hydrogen-bond donors (Lipinski definition) is 1. The lowest BCUT2D eigenvalue weighted by Gasteiger charge is -1.80. The Bertz CT molecular complexity index is 210. The second-order valence-corrected chi connectivity index (χ2v) is 1.97.